The molecular formula is C28H39N3O6. The van der Waals surface area contributed by atoms with Crippen LogP contribution in [0.15, 0.2) is 24.3 Å². The smallest absolute Gasteiger partial charge is 0.252 e. The summed E-state index contributed by atoms with van der Waals surface area (Å²) in [5, 5.41) is 13.5. The van der Waals surface area contributed by atoms with Crippen LogP contribution in [-0.2, 0) is 19.1 Å². The van der Waals surface area contributed by atoms with Crippen molar-refractivity contribution in [3.8, 4) is 0 Å². The summed E-state index contributed by atoms with van der Waals surface area (Å²) >= 11 is 0. The molecular weight excluding hydrogens is 474 g/mol. The number of carbonyl (C=O) groups excluding carboxylic acids is 3. The number of carbonyl (C=O) groups is 3. The lowest BCUT2D eigenvalue weighted by Crippen LogP contribution is -2.62. The number of Topliss-reactive ketones (excluding diaryl/α,β-unsaturated/α-hetero) is 1. The molecule has 1 aromatic rings. The minimum absolute atomic E-state index is 0.0521. The number of nitrogens with zero attached hydrogens (tertiary/aromatic N) is 2. The van der Waals surface area contributed by atoms with Crippen LogP contribution in [0.5, 0.6) is 0 Å². The van der Waals surface area contributed by atoms with Crippen LogP contribution in [0.25, 0.3) is 0 Å². The van der Waals surface area contributed by atoms with Crippen molar-refractivity contribution in [2.45, 2.75) is 74.7 Å². The van der Waals surface area contributed by atoms with Crippen molar-refractivity contribution < 1.29 is 29.0 Å². The summed E-state index contributed by atoms with van der Waals surface area (Å²) in [7, 11) is 1.73. The van der Waals surface area contributed by atoms with E-state index in [4.69, 9.17) is 9.47 Å². The van der Waals surface area contributed by atoms with E-state index in [1.54, 1.807) is 7.11 Å². The number of fused-ring (bicyclic) bond motifs is 1. The fourth-order valence-electron chi connectivity index (χ4n) is 6.57. The van der Waals surface area contributed by atoms with Crippen molar-refractivity contribution in [1.29, 1.82) is 0 Å². The molecule has 0 radical (unpaired) electrons. The molecule has 3 saturated heterocycles. The van der Waals surface area contributed by atoms with Gasteiger partial charge in [0.05, 0.1) is 13.2 Å². The lowest BCUT2D eigenvalue weighted by atomic mass is 9.80. The van der Waals surface area contributed by atoms with Gasteiger partial charge in [-0.05, 0) is 62.4 Å². The van der Waals surface area contributed by atoms with Crippen molar-refractivity contribution in [3.63, 3.8) is 0 Å². The highest BCUT2D eigenvalue weighted by atomic mass is 16.5. The van der Waals surface area contributed by atoms with Gasteiger partial charge in [-0.1, -0.05) is 31.4 Å². The number of ketones is 1. The number of hydrogen-bond acceptors (Lipinski definition) is 7. The Kier molecular flexibility index (Phi) is 7.95. The molecule has 202 valence electrons. The summed E-state index contributed by atoms with van der Waals surface area (Å²) in [5.41, 5.74) is 0.697. The molecule has 9 nitrogen and oxygen atoms in total. The number of amides is 2. The second-order valence-electron chi connectivity index (χ2n) is 11.0. The van der Waals surface area contributed by atoms with E-state index in [1.165, 1.54) is 10.5 Å². The standard InChI is InChI=1S/C28H39N3O6/c1-36-16-15-30-13-9-20(10-14-30)19-5-7-21(8-6-19)26(34)29-28(11-3-2-4-12-28)27(35)31-17-22(32)25-24(31)23(33)18-37-25/h5-8,20,22,24-25,32H,2-4,9-18H2,1H3,(H,29,34)/t22-,24-,25-/m1/s1. The molecule has 0 spiro atoms. The summed E-state index contributed by atoms with van der Waals surface area (Å²) < 4.78 is 10.6. The molecule has 3 aliphatic heterocycles. The fourth-order valence-corrected chi connectivity index (χ4v) is 6.57. The fraction of sp³-hybridized carbons (Fsp3) is 0.679. The highest BCUT2D eigenvalue weighted by Crippen LogP contribution is 2.36. The molecule has 0 aromatic heterocycles. The first-order chi connectivity index (χ1) is 17.9. The van der Waals surface area contributed by atoms with E-state index in [0.717, 1.165) is 58.3 Å². The van der Waals surface area contributed by atoms with Crippen molar-refractivity contribution in [3.05, 3.63) is 35.4 Å². The van der Waals surface area contributed by atoms with E-state index in [2.05, 4.69) is 10.2 Å². The van der Waals surface area contributed by atoms with E-state index in [9.17, 15) is 19.5 Å². The summed E-state index contributed by atoms with van der Waals surface area (Å²) in [6.45, 7) is 3.76. The molecule has 3 heterocycles. The quantitative estimate of drug-likeness (QED) is 0.569. The van der Waals surface area contributed by atoms with Gasteiger partial charge < -0.3 is 29.7 Å². The summed E-state index contributed by atoms with van der Waals surface area (Å²) in [6, 6.07) is 7.02. The Morgan fingerprint density at radius 3 is 2.51 bits per heavy atom. The Balaban J connectivity index is 1.26. The Bertz CT molecular complexity index is 984. The van der Waals surface area contributed by atoms with Crippen molar-refractivity contribution in [2.24, 2.45) is 0 Å². The minimum Gasteiger partial charge on any atom is -0.388 e. The maximum atomic E-state index is 13.9. The second kappa shape index (κ2) is 11.2. The number of likely N-dealkylation sites (tertiary alicyclic amines) is 2. The first-order valence-electron chi connectivity index (χ1n) is 13.7. The first kappa shape index (κ1) is 26.3. The van der Waals surface area contributed by atoms with Gasteiger partial charge in [0.25, 0.3) is 5.91 Å². The molecule has 0 bridgehead atoms. The van der Waals surface area contributed by atoms with E-state index < -0.39 is 23.8 Å². The molecule has 0 unspecified atom stereocenters. The third-order valence-corrected chi connectivity index (χ3v) is 8.73. The summed E-state index contributed by atoms with van der Waals surface area (Å²) in [6.07, 6.45) is 4.29. The Morgan fingerprint density at radius 1 is 1.14 bits per heavy atom. The number of ether oxygens (including phenoxy) is 2. The van der Waals surface area contributed by atoms with Crippen LogP contribution in [0.3, 0.4) is 0 Å². The van der Waals surface area contributed by atoms with Gasteiger partial charge in [-0.15, -0.1) is 0 Å². The zero-order valence-corrected chi connectivity index (χ0v) is 21.7. The molecule has 2 N–H and O–H groups in total. The van der Waals surface area contributed by atoms with Gasteiger partial charge in [0, 0.05) is 19.2 Å². The van der Waals surface area contributed by atoms with Gasteiger partial charge in [-0.2, -0.15) is 0 Å². The van der Waals surface area contributed by atoms with Crippen LogP contribution in [0.4, 0.5) is 0 Å². The zero-order chi connectivity index (χ0) is 26.0. The maximum absolute atomic E-state index is 13.9. The van der Waals surface area contributed by atoms with Crippen molar-refractivity contribution in [2.75, 3.05) is 46.5 Å². The van der Waals surface area contributed by atoms with E-state index >= 15 is 0 Å². The first-order valence-corrected chi connectivity index (χ1v) is 13.7. The third-order valence-electron chi connectivity index (χ3n) is 8.73. The summed E-state index contributed by atoms with van der Waals surface area (Å²) in [4.78, 5) is 43.6. The Labute approximate surface area is 218 Å². The summed E-state index contributed by atoms with van der Waals surface area (Å²) in [5.74, 6) is -0.264. The number of hydrogen-bond donors (Lipinski definition) is 2. The molecule has 3 atom stereocenters. The number of β-amino-alcohol motifs (C(OH)–C–C–N with tert-alkyl or cyclic N) is 1. The second-order valence-corrected chi connectivity index (χ2v) is 11.0. The molecule has 9 heteroatoms. The molecule has 5 rings (SSSR count). The molecule has 4 fully saturated rings. The average molecular weight is 514 g/mol. The maximum Gasteiger partial charge on any atom is 0.252 e. The van der Waals surface area contributed by atoms with Crippen LogP contribution in [0, 0.1) is 0 Å². The zero-order valence-electron chi connectivity index (χ0n) is 21.7. The lowest BCUT2D eigenvalue weighted by molar-refractivity contribution is -0.143. The molecule has 4 aliphatic rings. The largest absolute Gasteiger partial charge is 0.388 e. The molecule has 2 amide bonds. The number of aliphatic hydroxyl groups excluding tert-OH is 1. The van der Waals surface area contributed by atoms with Crippen molar-refractivity contribution in [1.82, 2.24) is 15.1 Å². The van der Waals surface area contributed by atoms with Gasteiger partial charge in [-0.25, -0.2) is 0 Å². The molecule has 1 saturated carbocycles. The van der Waals surface area contributed by atoms with Gasteiger partial charge in [0.1, 0.15) is 30.4 Å². The van der Waals surface area contributed by atoms with Gasteiger partial charge in [-0.3, -0.25) is 14.4 Å². The van der Waals surface area contributed by atoms with Crippen molar-refractivity contribution >= 4 is 17.6 Å². The number of piperidine rings is 1. The molecule has 1 aromatic carbocycles. The molecule has 1 aliphatic carbocycles. The van der Waals surface area contributed by atoms with Crippen LogP contribution >= 0.6 is 0 Å². The van der Waals surface area contributed by atoms with E-state index in [0.29, 0.717) is 24.3 Å². The van der Waals surface area contributed by atoms with Gasteiger partial charge >= 0.3 is 0 Å². The normalized spacial score (nSPS) is 28.3. The van der Waals surface area contributed by atoms with Gasteiger partial charge in [0.2, 0.25) is 5.91 Å². The number of benzene rings is 1. The van der Waals surface area contributed by atoms with Crippen LogP contribution in [0.2, 0.25) is 0 Å². The number of rotatable bonds is 7. The predicted molar refractivity (Wildman–Crippen MR) is 136 cm³/mol. The highest BCUT2D eigenvalue weighted by Gasteiger charge is 2.55. The van der Waals surface area contributed by atoms with E-state index in [-0.39, 0.29) is 30.7 Å². The van der Waals surface area contributed by atoms with Crippen LogP contribution in [0.1, 0.15) is 66.8 Å². The van der Waals surface area contributed by atoms with E-state index in [1.807, 2.05) is 24.3 Å². The van der Waals surface area contributed by atoms with Gasteiger partial charge in [0.15, 0.2) is 5.78 Å². The minimum atomic E-state index is -1.07. The van der Waals surface area contributed by atoms with Crippen LogP contribution in [-0.4, -0.2) is 103 Å². The topological polar surface area (TPSA) is 108 Å². The molecule has 37 heavy (non-hydrogen) atoms. The number of aliphatic hydroxyl groups is 1. The highest BCUT2D eigenvalue weighted by molar-refractivity contribution is 6.01. The Morgan fingerprint density at radius 2 is 1.84 bits per heavy atom. The number of nitrogens with one attached hydrogen (secondary N) is 1. The predicted octanol–water partition coefficient (Wildman–Crippen LogP) is 1.48. The van der Waals surface area contributed by atoms with Crippen LogP contribution < -0.4 is 5.32 Å². The lowest BCUT2D eigenvalue weighted by Gasteiger charge is -2.40. The number of methoxy groups -OCH3 is 1. The monoisotopic (exact) mass is 513 g/mol. The Hall–Kier alpha value is -2.33. The average Bonchev–Trinajstić information content (AvgIpc) is 3.48. The third kappa shape index (κ3) is 5.32. The SMILES string of the molecule is COCCN1CCC(c2ccc(C(=O)NC3(C(=O)N4C[C@@H](O)[C@H]5OCC(=O)[C@H]54)CCCCC3)cc2)CC1.